The summed E-state index contributed by atoms with van der Waals surface area (Å²) < 4.78 is 10.1. The summed E-state index contributed by atoms with van der Waals surface area (Å²) in [6.45, 7) is 0.974. The van der Waals surface area contributed by atoms with Gasteiger partial charge in [-0.15, -0.1) is 0 Å². The number of carboxylic acids is 1. The third kappa shape index (κ3) is 8.16. The molecule has 0 aromatic heterocycles. The molecule has 0 saturated heterocycles. The number of carbonyl (C=O) groups excluding carboxylic acids is 2. The maximum Gasteiger partial charge on any atom is 0.410 e. The van der Waals surface area contributed by atoms with E-state index >= 15 is 0 Å². The predicted molar refractivity (Wildman–Crippen MR) is 90.0 cm³/mol. The third-order valence-electron chi connectivity index (χ3n) is 3.39. The Morgan fingerprint density at radius 2 is 1.92 bits per heavy atom. The van der Waals surface area contributed by atoms with Gasteiger partial charge in [0.25, 0.3) is 0 Å². The van der Waals surface area contributed by atoms with Crippen LogP contribution >= 0.6 is 0 Å². The lowest BCUT2D eigenvalue weighted by Crippen LogP contribution is -2.34. The summed E-state index contributed by atoms with van der Waals surface area (Å²) in [6.07, 6.45) is -1.78. The van der Waals surface area contributed by atoms with Gasteiger partial charge in [0.05, 0.1) is 13.0 Å². The van der Waals surface area contributed by atoms with Crippen molar-refractivity contribution in [3.05, 3.63) is 35.9 Å². The van der Waals surface area contributed by atoms with Crippen LogP contribution in [-0.2, 0) is 19.1 Å². The molecule has 0 aliphatic heterocycles. The molecule has 1 aromatic rings. The molecule has 0 fully saturated rings. The summed E-state index contributed by atoms with van der Waals surface area (Å²) in [5.74, 6) is -1.27. The van der Waals surface area contributed by atoms with Crippen molar-refractivity contribution in [1.82, 2.24) is 10.2 Å². The molecular formula is C17H24N2O6. The number of ether oxygens (including phenoxy) is 2. The fraction of sp³-hybridized carbons (Fsp3) is 0.471. The van der Waals surface area contributed by atoms with Crippen LogP contribution in [0.1, 0.15) is 24.5 Å². The second-order valence-corrected chi connectivity index (χ2v) is 5.40. The van der Waals surface area contributed by atoms with Crippen LogP contribution in [0, 0.1) is 0 Å². The zero-order chi connectivity index (χ0) is 18.7. The zero-order valence-electron chi connectivity index (χ0n) is 14.4. The maximum atomic E-state index is 12.1. The van der Waals surface area contributed by atoms with Gasteiger partial charge in [0.2, 0.25) is 5.91 Å². The van der Waals surface area contributed by atoms with Crippen molar-refractivity contribution in [2.75, 3.05) is 33.9 Å². The summed E-state index contributed by atoms with van der Waals surface area (Å²) >= 11 is 0. The highest BCUT2D eigenvalue weighted by Crippen LogP contribution is 2.22. The number of carboxylic acid groups (broad SMARTS) is 1. The molecule has 2 N–H and O–H groups in total. The lowest BCUT2D eigenvalue weighted by Gasteiger charge is -2.22. The average Bonchev–Trinajstić information content (AvgIpc) is 2.59. The molecule has 0 aliphatic rings. The Labute approximate surface area is 146 Å². The summed E-state index contributed by atoms with van der Waals surface area (Å²) in [5.41, 5.74) is 0.601. The van der Waals surface area contributed by atoms with Crippen molar-refractivity contribution in [1.29, 1.82) is 0 Å². The van der Waals surface area contributed by atoms with Crippen molar-refractivity contribution in [2.24, 2.45) is 0 Å². The number of nitrogens with zero attached hydrogens (tertiary/aromatic N) is 1. The van der Waals surface area contributed by atoms with Gasteiger partial charge < -0.3 is 24.8 Å². The van der Waals surface area contributed by atoms with Gasteiger partial charge in [-0.2, -0.15) is 0 Å². The fourth-order valence-electron chi connectivity index (χ4n) is 2.01. The summed E-state index contributed by atoms with van der Waals surface area (Å²) in [5, 5.41) is 11.7. The summed E-state index contributed by atoms with van der Waals surface area (Å²) in [4.78, 5) is 36.0. The Morgan fingerprint density at radius 1 is 1.24 bits per heavy atom. The molecule has 0 unspecified atom stereocenters. The van der Waals surface area contributed by atoms with E-state index in [0.717, 1.165) is 0 Å². The Balaban J connectivity index is 2.52. The molecule has 1 rings (SSSR count). The van der Waals surface area contributed by atoms with Gasteiger partial charge in [0.15, 0.2) is 0 Å². The van der Waals surface area contributed by atoms with Crippen molar-refractivity contribution in [3.8, 4) is 0 Å². The highest BCUT2D eigenvalue weighted by Gasteiger charge is 2.22. The molecule has 0 saturated carbocycles. The highest BCUT2D eigenvalue weighted by atomic mass is 16.6. The van der Waals surface area contributed by atoms with Crippen LogP contribution in [-0.4, -0.2) is 61.8 Å². The molecule has 1 aromatic carbocycles. The molecule has 0 aliphatic carbocycles. The van der Waals surface area contributed by atoms with Crippen LogP contribution in [0.5, 0.6) is 0 Å². The minimum Gasteiger partial charge on any atom is -0.481 e. The van der Waals surface area contributed by atoms with Crippen LogP contribution < -0.4 is 5.32 Å². The Bertz CT molecular complexity index is 564. The van der Waals surface area contributed by atoms with Gasteiger partial charge in [-0.3, -0.25) is 9.59 Å². The van der Waals surface area contributed by atoms with E-state index in [9.17, 15) is 14.4 Å². The van der Waals surface area contributed by atoms with E-state index < -0.39 is 18.2 Å². The van der Waals surface area contributed by atoms with Crippen LogP contribution in [0.15, 0.2) is 30.3 Å². The fourth-order valence-corrected chi connectivity index (χ4v) is 2.01. The Morgan fingerprint density at radius 3 is 2.52 bits per heavy atom. The number of hydrogen-bond donors (Lipinski definition) is 2. The molecule has 8 nitrogen and oxygen atoms in total. The third-order valence-corrected chi connectivity index (χ3v) is 3.39. The minimum absolute atomic E-state index is 0.115. The minimum atomic E-state index is -1.07. The molecule has 0 spiro atoms. The summed E-state index contributed by atoms with van der Waals surface area (Å²) in [6, 6.07) is 8.67. The molecule has 8 heteroatoms. The van der Waals surface area contributed by atoms with E-state index in [4.69, 9.17) is 14.6 Å². The van der Waals surface area contributed by atoms with Gasteiger partial charge in [-0.05, 0) is 5.56 Å². The molecule has 25 heavy (non-hydrogen) atoms. The number of carbonyl (C=O) groups is 3. The van der Waals surface area contributed by atoms with Gasteiger partial charge in [0, 0.05) is 33.7 Å². The Kier molecular flexibility index (Phi) is 9.02. The average molecular weight is 352 g/mol. The normalized spacial score (nSPS) is 11.4. The lowest BCUT2D eigenvalue weighted by atomic mass is 10.1. The number of nitrogens with one attached hydrogen (secondary N) is 1. The number of methoxy groups -OCH3 is 1. The standard InChI is InChI=1S/C17H24N2O6/c1-19(10-8-15(20)18-9-11-24-2)17(23)25-14(12-16(21)22)13-6-4-3-5-7-13/h3-7,14H,8-12H2,1-2H3,(H,18,20)(H,21,22)/t14-/m0/s1. The molecule has 1 atom stereocenters. The first kappa shape index (κ1) is 20.4. The largest absolute Gasteiger partial charge is 0.481 e. The SMILES string of the molecule is COCCNC(=O)CCN(C)C(=O)O[C@@H](CC(=O)O)c1ccccc1. The van der Waals surface area contributed by atoms with Gasteiger partial charge >= 0.3 is 12.1 Å². The van der Waals surface area contributed by atoms with E-state index in [1.165, 1.54) is 19.1 Å². The second kappa shape index (κ2) is 11.0. The number of hydrogen-bond acceptors (Lipinski definition) is 5. The molecular weight excluding hydrogens is 328 g/mol. The van der Waals surface area contributed by atoms with Crippen molar-refractivity contribution in [3.63, 3.8) is 0 Å². The second-order valence-electron chi connectivity index (χ2n) is 5.40. The van der Waals surface area contributed by atoms with E-state index in [2.05, 4.69) is 5.32 Å². The molecule has 0 bridgehead atoms. The first-order valence-electron chi connectivity index (χ1n) is 7.88. The van der Waals surface area contributed by atoms with E-state index in [0.29, 0.717) is 18.7 Å². The summed E-state index contributed by atoms with van der Waals surface area (Å²) in [7, 11) is 3.03. The maximum absolute atomic E-state index is 12.1. The van der Waals surface area contributed by atoms with E-state index in [-0.39, 0.29) is 25.3 Å². The van der Waals surface area contributed by atoms with Crippen LogP contribution in [0.4, 0.5) is 4.79 Å². The van der Waals surface area contributed by atoms with E-state index in [1.54, 1.807) is 30.3 Å². The molecule has 2 amide bonds. The van der Waals surface area contributed by atoms with Crippen LogP contribution in [0.3, 0.4) is 0 Å². The zero-order valence-corrected chi connectivity index (χ0v) is 14.4. The quantitative estimate of drug-likeness (QED) is 0.617. The monoisotopic (exact) mass is 352 g/mol. The number of rotatable bonds is 10. The topological polar surface area (TPSA) is 105 Å². The van der Waals surface area contributed by atoms with Gasteiger partial charge in [-0.1, -0.05) is 30.3 Å². The number of aliphatic carboxylic acids is 1. The first-order chi connectivity index (χ1) is 11.9. The van der Waals surface area contributed by atoms with Crippen molar-refractivity contribution in [2.45, 2.75) is 18.9 Å². The predicted octanol–water partition coefficient (Wildman–Crippen LogP) is 1.42. The molecule has 138 valence electrons. The first-order valence-corrected chi connectivity index (χ1v) is 7.88. The van der Waals surface area contributed by atoms with Crippen LogP contribution in [0.25, 0.3) is 0 Å². The molecule has 0 radical (unpaired) electrons. The molecule has 0 heterocycles. The highest BCUT2D eigenvalue weighted by molar-refractivity contribution is 5.77. The van der Waals surface area contributed by atoms with Crippen molar-refractivity contribution < 1.29 is 29.0 Å². The van der Waals surface area contributed by atoms with Crippen molar-refractivity contribution >= 4 is 18.0 Å². The smallest absolute Gasteiger partial charge is 0.410 e. The van der Waals surface area contributed by atoms with Gasteiger partial charge in [-0.25, -0.2) is 4.79 Å². The van der Waals surface area contributed by atoms with E-state index in [1.807, 2.05) is 0 Å². The lowest BCUT2D eigenvalue weighted by molar-refractivity contribution is -0.139. The van der Waals surface area contributed by atoms with Gasteiger partial charge in [0.1, 0.15) is 6.10 Å². The Hall–Kier alpha value is -2.61. The number of benzene rings is 1. The number of amides is 2. The van der Waals surface area contributed by atoms with Crippen LogP contribution in [0.2, 0.25) is 0 Å².